The molecule has 0 radical (unpaired) electrons. The first-order valence-corrected chi connectivity index (χ1v) is 7.18. The summed E-state index contributed by atoms with van der Waals surface area (Å²) in [6, 6.07) is 7.87. The molecule has 0 fully saturated rings. The van der Waals surface area contributed by atoms with Crippen molar-refractivity contribution in [2.75, 3.05) is 0 Å². The monoisotopic (exact) mass is 289 g/mol. The Bertz CT molecular complexity index is 385. The van der Waals surface area contributed by atoms with E-state index in [1.165, 1.54) is 0 Å². The van der Waals surface area contributed by atoms with E-state index in [4.69, 9.17) is 15.7 Å². The summed E-state index contributed by atoms with van der Waals surface area (Å²) < 4.78 is 14.6. The van der Waals surface area contributed by atoms with Crippen LogP contribution in [0.2, 0.25) is 0 Å². The fourth-order valence-corrected chi connectivity index (χ4v) is 1.47. The number of carboxylic acid groups (broad SMARTS) is 1. The van der Waals surface area contributed by atoms with Crippen molar-refractivity contribution in [3.63, 3.8) is 0 Å². The largest absolute Gasteiger partial charge is 0.480 e. The van der Waals surface area contributed by atoms with Crippen molar-refractivity contribution in [2.45, 2.75) is 32.2 Å². The minimum Gasteiger partial charge on any atom is -0.480 e. The number of aliphatic carboxylic acids is 1. The van der Waals surface area contributed by atoms with Gasteiger partial charge < -0.3 is 20.3 Å². The van der Waals surface area contributed by atoms with Crippen LogP contribution in [0.25, 0.3) is 0 Å². The van der Waals surface area contributed by atoms with Gasteiger partial charge in [-0.1, -0.05) is 38.0 Å². The molecular weight excluding hydrogens is 269 g/mol. The van der Waals surface area contributed by atoms with Gasteiger partial charge in [0, 0.05) is 0 Å². The summed E-state index contributed by atoms with van der Waals surface area (Å²) in [7, 11) is -2.84. The minimum absolute atomic E-state index is 0.425. The van der Waals surface area contributed by atoms with Gasteiger partial charge in [0.1, 0.15) is 11.8 Å². The lowest BCUT2D eigenvalue weighted by atomic mass is 10.1. The zero-order valence-electron chi connectivity index (χ0n) is 10.8. The van der Waals surface area contributed by atoms with Gasteiger partial charge in [0.25, 0.3) is 0 Å². The van der Waals surface area contributed by atoms with E-state index in [1.807, 2.05) is 6.92 Å². The standard InChI is InChI=1S/C6H13NO2.C6H7O3P/c1-2-3-4-5(7)6(8)9;7-10(8)9-6-4-2-1-3-5-6/h5H,2-4,7H2,1H3,(H,8,9);1-5,10H,(H,7,8)/t5-;/m0./s1. The number of hydrogen-bond donors (Lipinski definition) is 3. The maximum atomic E-state index is 10.1. The molecule has 7 heteroatoms. The second kappa shape index (κ2) is 10.6. The van der Waals surface area contributed by atoms with Crippen LogP contribution in [0.3, 0.4) is 0 Å². The summed E-state index contributed by atoms with van der Waals surface area (Å²) in [5.41, 5.74) is 5.20. The molecule has 0 spiro atoms. The topological polar surface area (TPSA) is 110 Å². The Morgan fingerprint density at radius 1 is 1.42 bits per heavy atom. The molecule has 1 aromatic rings. The van der Waals surface area contributed by atoms with Crippen LogP contribution >= 0.6 is 8.25 Å². The van der Waals surface area contributed by atoms with Gasteiger partial charge in [-0.3, -0.25) is 4.79 Å². The Labute approximate surface area is 113 Å². The highest BCUT2D eigenvalue weighted by Gasteiger charge is 2.08. The molecule has 0 aromatic heterocycles. The summed E-state index contributed by atoms with van der Waals surface area (Å²) in [4.78, 5) is 18.4. The fraction of sp³-hybridized carbons (Fsp3) is 0.417. The first-order chi connectivity index (χ1) is 8.97. The molecule has 1 rings (SSSR count). The number of nitrogens with two attached hydrogens (primary N) is 1. The fourth-order valence-electron chi connectivity index (χ4n) is 1.14. The van der Waals surface area contributed by atoms with Crippen LogP contribution in [0, 0.1) is 0 Å². The van der Waals surface area contributed by atoms with E-state index < -0.39 is 20.3 Å². The number of benzene rings is 1. The molecule has 0 bridgehead atoms. The molecular formula is C12H20NO5P. The molecule has 4 N–H and O–H groups in total. The predicted octanol–water partition coefficient (Wildman–Crippen LogP) is 2.04. The normalized spacial score (nSPS) is 12.8. The molecule has 0 aliphatic rings. The average molecular weight is 289 g/mol. The average Bonchev–Trinajstić information content (AvgIpc) is 2.37. The number of rotatable bonds is 6. The van der Waals surface area contributed by atoms with Gasteiger partial charge in [0.05, 0.1) is 0 Å². The first-order valence-electron chi connectivity index (χ1n) is 5.91. The SMILES string of the molecule is CCCC[C@H](N)C(=O)O.O=[PH](O)Oc1ccccc1. The van der Waals surface area contributed by atoms with Gasteiger partial charge >= 0.3 is 14.2 Å². The molecule has 6 nitrogen and oxygen atoms in total. The summed E-state index contributed by atoms with van der Waals surface area (Å²) in [6.45, 7) is 2.01. The Morgan fingerprint density at radius 3 is 2.42 bits per heavy atom. The van der Waals surface area contributed by atoms with Crippen LogP contribution in [0.1, 0.15) is 26.2 Å². The second-order valence-corrected chi connectivity index (χ2v) is 4.50. The van der Waals surface area contributed by atoms with Crippen LogP contribution in [0.5, 0.6) is 5.75 Å². The molecule has 0 saturated carbocycles. The van der Waals surface area contributed by atoms with Crippen molar-refractivity contribution in [2.24, 2.45) is 5.73 Å². The molecule has 108 valence electrons. The van der Waals surface area contributed by atoms with Crippen LogP contribution in [0.15, 0.2) is 30.3 Å². The first kappa shape index (κ1) is 17.6. The summed E-state index contributed by atoms with van der Waals surface area (Å²) in [5, 5.41) is 8.28. The van der Waals surface area contributed by atoms with Crippen molar-refractivity contribution in [1.82, 2.24) is 0 Å². The van der Waals surface area contributed by atoms with E-state index >= 15 is 0 Å². The van der Waals surface area contributed by atoms with E-state index in [0.717, 1.165) is 12.8 Å². The van der Waals surface area contributed by atoms with Crippen LogP contribution in [-0.2, 0) is 9.36 Å². The highest BCUT2D eigenvalue weighted by Crippen LogP contribution is 2.21. The molecule has 1 aromatic carbocycles. The Kier molecular flexibility index (Phi) is 9.80. The van der Waals surface area contributed by atoms with Gasteiger partial charge in [-0.05, 0) is 18.6 Å². The van der Waals surface area contributed by atoms with Crippen molar-refractivity contribution in [3.05, 3.63) is 30.3 Å². The minimum atomic E-state index is -2.84. The van der Waals surface area contributed by atoms with E-state index in [9.17, 15) is 9.36 Å². The van der Waals surface area contributed by atoms with Gasteiger partial charge in [0.15, 0.2) is 0 Å². The summed E-state index contributed by atoms with van der Waals surface area (Å²) in [6.07, 6.45) is 2.49. The van der Waals surface area contributed by atoms with Crippen molar-refractivity contribution >= 4 is 14.2 Å². The molecule has 0 amide bonds. The molecule has 19 heavy (non-hydrogen) atoms. The van der Waals surface area contributed by atoms with Crippen LogP contribution < -0.4 is 10.3 Å². The number of carboxylic acids is 1. The predicted molar refractivity (Wildman–Crippen MR) is 73.4 cm³/mol. The van der Waals surface area contributed by atoms with Gasteiger partial charge in [-0.15, -0.1) is 0 Å². The van der Waals surface area contributed by atoms with E-state index in [-0.39, 0.29) is 0 Å². The number of hydrogen-bond acceptors (Lipinski definition) is 4. The van der Waals surface area contributed by atoms with Crippen LogP contribution in [-0.4, -0.2) is 22.0 Å². The lowest BCUT2D eigenvalue weighted by molar-refractivity contribution is -0.138. The third-order valence-electron chi connectivity index (χ3n) is 2.13. The smallest absolute Gasteiger partial charge is 0.365 e. The molecule has 0 heterocycles. The van der Waals surface area contributed by atoms with Gasteiger partial charge in [0.2, 0.25) is 0 Å². The third kappa shape index (κ3) is 10.3. The van der Waals surface area contributed by atoms with Crippen molar-refractivity contribution < 1.29 is 23.9 Å². The number of para-hydroxylation sites is 1. The van der Waals surface area contributed by atoms with E-state index in [2.05, 4.69) is 4.52 Å². The van der Waals surface area contributed by atoms with Crippen molar-refractivity contribution in [1.29, 1.82) is 0 Å². The Morgan fingerprint density at radius 2 is 2.00 bits per heavy atom. The molecule has 0 aliphatic heterocycles. The zero-order chi connectivity index (χ0) is 14.7. The Balaban J connectivity index is 0.000000344. The maximum absolute atomic E-state index is 10.1. The third-order valence-corrected chi connectivity index (χ3v) is 2.54. The van der Waals surface area contributed by atoms with Gasteiger partial charge in [-0.25, -0.2) is 4.57 Å². The van der Waals surface area contributed by atoms with Crippen LogP contribution in [0.4, 0.5) is 0 Å². The molecule has 2 atom stereocenters. The highest BCUT2D eigenvalue weighted by molar-refractivity contribution is 7.32. The number of unbranched alkanes of at least 4 members (excludes halogenated alkanes) is 1. The lowest BCUT2D eigenvalue weighted by Gasteiger charge is -2.02. The molecule has 0 aliphatic carbocycles. The molecule has 0 saturated heterocycles. The highest BCUT2D eigenvalue weighted by atomic mass is 31.1. The quantitative estimate of drug-likeness (QED) is 0.691. The van der Waals surface area contributed by atoms with Gasteiger partial charge in [-0.2, -0.15) is 0 Å². The zero-order valence-corrected chi connectivity index (χ0v) is 11.8. The maximum Gasteiger partial charge on any atom is 0.365 e. The Hall–Kier alpha value is -1.36. The number of carbonyl (C=O) groups is 1. The lowest BCUT2D eigenvalue weighted by Crippen LogP contribution is -2.29. The van der Waals surface area contributed by atoms with E-state index in [1.54, 1.807) is 30.3 Å². The van der Waals surface area contributed by atoms with E-state index in [0.29, 0.717) is 12.2 Å². The summed E-state index contributed by atoms with van der Waals surface area (Å²) >= 11 is 0. The second-order valence-electron chi connectivity index (χ2n) is 3.77. The summed E-state index contributed by atoms with van der Waals surface area (Å²) in [5.74, 6) is -0.475. The van der Waals surface area contributed by atoms with Crippen molar-refractivity contribution in [3.8, 4) is 5.75 Å². The molecule has 1 unspecified atom stereocenters.